The fourth-order valence-electron chi connectivity index (χ4n) is 5.49. The number of hydrogen-bond acceptors (Lipinski definition) is 3. The number of amides is 1. The van der Waals surface area contributed by atoms with E-state index in [-0.39, 0.29) is 0 Å². The summed E-state index contributed by atoms with van der Waals surface area (Å²) in [5.41, 5.74) is 1.80. The van der Waals surface area contributed by atoms with Crippen LogP contribution in [-0.4, -0.2) is 40.3 Å². The number of carboxylic acid groups (broad SMARTS) is 1. The monoisotopic (exact) mass is 491 g/mol. The first-order chi connectivity index (χ1) is 17.3. The zero-order valence-corrected chi connectivity index (χ0v) is 21.8. The van der Waals surface area contributed by atoms with Gasteiger partial charge in [-0.1, -0.05) is 87.4 Å². The van der Waals surface area contributed by atoms with Crippen molar-refractivity contribution in [2.45, 2.75) is 84.1 Å². The van der Waals surface area contributed by atoms with Gasteiger partial charge in [-0.2, -0.15) is 0 Å². The van der Waals surface area contributed by atoms with Crippen molar-refractivity contribution in [3.8, 4) is 0 Å². The summed E-state index contributed by atoms with van der Waals surface area (Å²) in [5.74, 6) is -1.78. The lowest BCUT2D eigenvalue weighted by molar-refractivity contribution is -0.158. The van der Waals surface area contributed by atoms with Gasteiger partial charge in [0.05, 0.1) is 0 Å². The van der Waals surface area contributed by atoms with Gasteiger partial charge in [-0.25, -0.2) is 4.79 Å². The first kappa shape index (κ1) is 27.6. The quantitative estimate of drug-likeness (QED) is 0.344. The molecule has 1 saturated heterocycles. The van der Waals surface area contributed by atoms with Gasteiger partial charge in [0.2, 0.25) is 5.78 Å². The van der Waals surface area contributed by atoms with Crippen LogP contribution in [0.25, 0.3) is 0 Å². The van der Waals surface area contributed by atoms with Crippen LogP contribution in [0.2, 0.25) is 0 Å². The number of nitrogens with zero attached hydrogens (tertiary/aromatic N) is 1. The van der Waals surface area contributed by atoms with Crippen molar-refractivity contribution in [2.24, 2.45) is 11.3 Å². The molecule has 1 aliphatic heterocycles. The third-order valence-corrected chi connectivity index (χ3v) is 7.50. The standard InChI is InChI=1S/C31H41NO4/c1-31(2,28(33)29(34)32-22-10-9-21-27(32)30(35)36)23-26(19-11-17-24-13-5-3-6-14-24)20-12-18-25-15-7-4-8-16-25/h3-8,13-16,26-27H,9-12,17-23H2,1-2H3,(H,35,36). The summed E-state index contributed by atoms with van der Waals surface area (Å²) in [6, 6.07) is 20.0. The smallest absolute Gasteiger partial charge is 0.326 e. The minimum Gasteiger partial charge on any atom is -0.480 e. The van der Waals surface area contributed by atoms with E-state index in [1.54, 1.807) is 0 Å². The maximum atomic E-state index is 13.4. The minimum absolute atomic E-state index is 0.320. The van der Waals surface area contributed by atoms with E-state index in [0.717, 1.165) is 51.4 Å². The molecule has 36 heavy (non-hydrogen) atoms. The number of rotatable bonds is 13. The average Bonchev–Trinajstić information content (AvgIpc) is 2.88. The lowest BCUT2D eigenvalue weighted by atomic mass is 9.75. The van der Waals surface area contributed by atoms with E-state index in [9.17, 15) is 19.5 Å². The fourth-order valence-corrected chi connectivity index (χ4v) is 5.49. The number of carbonyl (C=O) groups is 3. The number of aryl methyl sites for hydroxylation is 2. The lowest BCUT2D eigenvalue weighted by Crippen LogP contribution is -2.52. The Morgan fingerprint density at radius 2 is 1.42 bits per heavy atom. The van der Waals surface area contributed by atoms with E-state index in [1.807, 2.05) is 26.0 Å². The van der Waals surface area contributed by atoms with Crippen LogP contribution in [0, 0.1) is 11.3 Å². The van der Waals surface area contributed by atoms with Gasteiger partial charge in [0.15, 0.2) is 0 Å². The molecule has 0 aromatic heterocycles. The van der Waals surface area contributed by atoms with Gasteiger partial charge in [-0.15, -0.1) is 0 Å². The van der Waals surface area contributed by atoms with E-state index >= 15 is 0 Å². The van der Waals surface area contributed by atoms with E-state index in [2.05, 4.69) is 48.5 Å². The number of hydrogen-bond donors (Lipinski definition) is 1. The average molecular weight is 492 g/mol. The summed E-state index contributed by atoms with van der Waals surface area (Å²) in [4.78, 5) is 39.5. The third kappa shape index (κ3) is 8.04. The van der Waals surface area contributed by atoms with E-state index in [1.165, 1.54) is 16.0 Å². The predicted molar refractivity (Wildman–Crippen MR) is 143 cm³/mol. The summed E-state index contributed by atoms with van der Waals surface area (Å²) < 4.78 is 0. The lowest BCUT2D eigenvalue weighted by Gasteiger charge is -2.35. The van der Waals surface area contributed by atoms with Gasteiger partial charge in [0.1, 0.15) is 6.04 Å². The molecule has 3 rings (SSSR count). The molecule has 2 aromatic rings. The summed E-state index contributed by atoms with van der Waals surface area (Å²) >= 11 is 0. The number of ketones is 1. The van der Waals surface area contributed by atoms with E-state index < -0.39 is 29.1 Å². The number of piperidine rings is 1. The van der Waals surface area contributed by atoms with Crippen LogP contribution >= 0.6 is 0 Å². The fraction of sp³-hybridized carbons (Fsp3) is 0.516. The number of aliphatic carboxylic acids is 1. The number of benzene rings is 2. The van der Waals surface area contributed by atoms with E-state index in [4.69, 9.17) is 0 Å². The predicted octanol–water partition coefficient (Wildman–Crippen LogP) is 6.10. The van der Waals surface area contributed by atoms with Crippen molar-refractivity contribution in [3.05, 3.63) is 71.8 Å². The van der Waals surface area contributed by atoms with E-state index in [0.29, 0.717) is 25.3 Å². The van der Waals surface area contributed by atoms with Crippen molar-refractivity contribution < 1.29 is 19.5 Å². The van der Waals surface area contributed by atoms with Crippen LogP contribution in [0.5, 0.6) is 0 Å². The summed E-state index contributed by atoms with van der Waals surface area (Å²) in [7, 11) is 0. The second kappa shape index (κ2) is 13.4. The molecule has 194 valence electrons. The maximum Gasteiger partial charge on any atom is 0.326 e. The van der Waals surface area contributed by atoms with Gasteiger partial charge in [0.25, 0.3) is 5.91 Å². The van der Waals surface area contributed by atoms with Gasteiger partial charge >= 0.3 is 5.97 Å². The minimum atomic E-state index is -1.02. The van der Waals surface area contributed by atoms with Crippen molar-refractivity contribution in [3.63, 3.8) is 0 Å². The highest BCUT2D eigenvalue weighted by molar-refractivity contribution is 6.38. The second-order valence-electron chi connectivity index (χ2n) is 10.9. The SMILES string of the molecule is CC(C)(CC(CCCc1ccccc1)CCCc1ccccc1)C(=O)C(=O)N1CCCCC1C(=O)O. The molecule has 5 heteroatoms. The second-order valence-corrected chi connectivity index (χ2v) is 10.9. The largest absolute Gasteiger partial charge is 0.480 e. The number of carboxylic acids is 1. The van der Waals surface area contributed by atoms with Gasteiger partial charge in [-0.05, 0) is 68.4 Å². The molecular formula is C31H41NO4. The Balaban J connectivity index is 1.64. The Morgan fingerprint density at radius 3 is 1.92 bits per heavy atom. The molecule has 0 aliphatic carbocycles. The van der Waals surface area contributed by atoms with Gasteiger partial charge < -0.3 is 10.0 Å². The zero-order chi connectivity index (χ0) is 26.0. The van der Waals surface area contributed by atoms with Crippen LogP contribution in [0.15, 0.2) is 60.7 Å². The Hall–Kier alpha value is -2.95. The summed E-state index contributed by atoms with van der Waals surface area (Å²) in [6.07, 6.45) is 8.61. The van der Waals surface area contributed by atoms with Crippen molar-refractivity contribution in [2.75, 3.05) is 6.54 Å². The molecule has 1 amide bonds. The molecule has 1 fully saturated rings. The number of likely N-dealkylation sites (tertiary alicyclic amines) is 1. The zero-order valence-electron chi connectivity index (χ0n) is 21.8. The Morgan fingerprint density at radius 1 is 0.889 bits per heavy atom. The highest BCUT2D eigenvalue weighted by Gasteiger charge is 2.41. The first-order valence-corrected chi connectivity index (χ1v) is 13.4. The number of carbonyl (C=O) groups excluding carboxylic acids is 2. The molecule has 1 heterocycles. The van der Waals surface area contributed by atoms with Gasteiger partial charge in [-0.3, -0.25) is 9.59 Å². The summed E-state index contributed by atoms with van der Waals surface area (Å²) in [5, 5.41) is 9.56. The molecule has 2 aromatic carbocycles. The Labute approximate surface area is 215 Å². The normalized spacial score (nSPS) is 16.2. The van der Waals surface area contributed by atoms with Crippen LogP contribution < -0.4 is 0 Å². The van der Waals surface area contributed by atoms with Crippen molar-refractivity contribution in [1.29, 1.82) is 0 Å². The highest BCUT2D eigenvalue weighted by Crippen LogP contribution is 2.34. The first-order valence-electron chi connectivity index (χ1n) is 13.4. The third-order valence-electron chi connectivity index (χ3n) is 7.50. The summed E-state index contributed by atoms with van der Waals surface area (Å²) in [6.45, 7) is 4.05. The van der Waals surface area contributed by atoms with Crippen LogP contribution in [-0.2, 0) is 27.2 Å². The van der Waals surface area contributed by atoms with Crippen LogP contribution in [0.1, 0.15) is 76.3 Å². The molecular weight excluding hydrogens is 450 g/mol. The highest BCUT2D eigenvalue weighted by atomic mass is 16.4. The number of Topliss-reactive ketones (excluding diaryl/α,β-unsaturated/α-hetero) is 1. The molecule has 1 unspecified atom stereocenters. The maximum absolute atomic E-state index is 13.4. The van der Waals surface area contributed by atoms with Crippen LogP contribution in [0.4, 0.5) is 0 Å². The molecule has 1 aliphatic rings. The molecule has 0 spiro atoms. The van der Waals surface area contributed by atoms with Gasteiger partial charge in [0, 0.05) is 12.0 Å². The van der Waals surface area contributed by atoms with Crippen molar-refractivity contribution in [1.82, 2.24) is 4.90 Å². The Bertz CT molecular complexity index is 941. The molecule has 0 saturated carbocycles. The Kier molecular flexibility index (Phi) is 10.3. The molecule has 0 bridgehead atoms. The molecule has 1 N–H and O–H groups in total. The van der Waals surface area contributed by atoms with Crippen molar-refractivity contribution >= 4 is 17.7 Å². The molecule has 1 atom stereocenters. The molecule has 0 radical (unpaired) electrons. The molecule has 5 nitrogen and oxygen atoms in total. The topological polar surface area (TPSA) is 74.7 Å². The van der Waals surface area contributed by atoms with Crippen LogP contribution in [0.3, 0.4) is 0 Å².